The predicted octanol–water partition coefficient (Wildman–Crippen LogP) is 2.35. The summed E-state index contributed by atoms with van der Waals surface area (Å²) in [4.78, 5) is 33.6. The van der Waals surface area contributed by atoms with Crippen LogP contribution in [0.1, 0.15) is 64.2 Å². The fourth-order valence-corrected chi connectivity index (χ4v) is 3.55. The molecule has 0 amide bonds. The van der Waals surface area contributed by atoms with Crippen LogP contribution in [-0.4, -0.2) is 74.1 Å². The maximum Gasteiger partial charge on any atom is 0.315 e. The first-order valence-electron chi connectivity index (χ1n) is 11.0. The van der Waals surface area contributed by atoms with Crippen LogP contribution in [-0.2, 0) is 19.1 Å². The number of carbonyl (C=O) groups is 2. The van der Waals surface area contributed by atoms with E-state index in [2.05, 4.69) is 9.98 Å². The average Bonchev–Trinajstić information content (AvgIpc) is 2.77. The predicted molar refractivity (Wildman–Crippen MR) is 116 cm³/mol. The summed E-state index contributed by atoms with van der Waals surface area (Å²) < 4.78 is 10.8. The molecule has 1 saturated carbocycles. The Morgan fingerprint density at radius 2 is 1.10 bits per heavy atom. The van der Waals surface area contributed by atoms with Crippen molar-refractivity contribution in [2.75, 3.05) is 40.5 Å². The van der Waals surface area contributed by atoms with Crippen molar-refractivity contribution in [3.8, 4) is 0 Å². The van der Waals surface area contributed by atoms with Crippen molar-refractivity contribution in [3.63, 3.8) is 0 Å². The van der Waals surface area contributed by atoms with Gasteiger partial charge in [0.2, 0.25) is 0 Å². The zero-order valence-corrected chi connectivity index (χ0v) is 18.5. The Labute approximate surface area is 179 Å². The third kappa shape index (κ3) is 9.34. The van der Waals surface area contributed by atoms with E-state index in [0.717, 1.165) is 51.4 Å². The summed E-state index contributed by atoms with van der Waals surface area (Å²) >= 11 is 0. The number of carbonyl (C=O) groups excluding carboxylic acids is 2. The van der Waals surface area contributed by atoms with Gasteiger partial charge >= 0.3 is 11.9 Å². The van der Waals surface area contributed by atoms with Crippen LogP contribution < -0.4 is 0 Å². The van der Waals surface area contributed by atoms with Crippen molar-refractivity contribution in [2.45, 2.75) is 64.2 Å². The van der Waals surface area contributed by atoms with Gasteiger partial charge in [-0.1, -0.05) is 12.8 Å². The van der Waals surface area contributed by atoms with Crippen LogP contribution in [0.2, 0.25) is 0 Å². The SMILES string of the molecule is CN=C1CC(C(=O)OCCCCCCO)C(=NC)CC1C(=O)OCCCCCCO. The monoisotopic (exact) mass is 426 g/mol. The van der Waals surface area contributed by atoms with Crippen molar-refractivity contribution in [2.24, 2.45) is 21.8 Å². The second-order valence-electron chi connectivity index (χ2n) is 7.55. The van der Waals surface area contributed by atoms with Gasteiger partial charge in [-0.25, -0.2) is 0 Å². The lowest BCUT2D eigenvalue weighted by Crippen LogP contribution is -2.41. The van der Waals surface area contributed by atoms with Crippen LogP contribution in [0.15, 0.2) is 9.98 Å². The van der Waals surface area contributed by atoms with Crippen molar-refractivity contribution in [1.82, 2.24) is 0 Å². The molecule has 1 rings (SSSR count). The lowest BCUT2D eigenvalue weighted by molar-refractivity contribution is -0.148. The lowest BCUT2D eigenvalue weighted by atomic mass is 9.78. The molecule has 0 radical (unpaired) electrons. The number of nitrogens with zero attached hydrogens (tertiary/aromatic N) is 2. The molecule has 0 saturated heterocycles. The number of esters is 2. The molecule has 172 valence electrons. The zero-order chi connectivity index (χ0) is 22.2. The number of aliphatic imine (C=N–C) groups is 2. The Morgan fingerprint density at radius 1 is 0.733 bits per heavy atom. The van der Waals surface area contributed by atoms with Crippen molar-refractivity contribution >= 4 is 23.4 Å². The van der Waals surface area contributed by atoms with Crippen molar-refractivity contribution < 1.29 is 29.3 Å². The first kappa shape index (κ1) is 26.2. The quantitative estimate of drug-likeness (QED) is 0.325. The molecule has 30 heavy (non-hydrogen) atoms. The zero-order valence-electron chi connectivity index (χ0n) is 18.5. The molecule has 0 heterocycles. The molecule has 1 fully saturated rings. The highest BCUT2D eigenvalue weighted by molar-refractivity contribution is 6.15. The summed E-state index contributed by atoms with van der Waals surface area (Å²) in [5, 5.41) is 17.6. The Morgan fingerprint density at radius 3 is 1.43 bits per heavy atom. The van der Waals surface area contributed by atoms with E-state index < -0.39 is 11.8 Å². The van der Waals surface area contributed by atoms with Crippen LogP contribution in [0.4, 0.5) is 0 Å². The topological polar surface area (TPSA) is 118 Å². The molecule has 8 nitrogen and oxygen atoms in total. The minimum Gasteiger partial charge on any atom is -0.465 e. The van der Waals surface area contributed by atoms with E-state index in [1.54, 1.807) is 14.1 Å². The Bertz CT molecular complexity index is 526. The molecule has 1 aliphatic rings. The largest absolute Gasteiger partial charge is 0.465 e. The van der Waals surface area contributed by atoms with Gasteiger partial charge in [0, 0.05) is 51.6 Å². The molecule has 1 aliphatic carbocycles. The van der Waals surface area contributed by atoms with Gasteiger partial charge in [0.25, 0.3) is 0 Å². The second-order valence-corrected chi connectivity index (χ2v) is 7.55. The first-order chi connectivity index (χ1) is 14.6. The van der Waals surface area contributed by atoms with Gasteiger partial charge in [-0.05, 0) is 38.5 Å². The molecule has 8 heteroatoms. The van der Waals surface area contributed by atoms with Gasteiger partial charge in [0.1, 0.15) is 0 Å². The summed E-state index contributed by atoms with van der Waals surface area (Å²) in [6, 6.07) is 0. The molecule has 2 N–H and O–H groups in total. The minimum absolute atomic E-state index is 0.185. The van der Waals surface area contributed by atoms with E-state index in [-0.39, 0.29) is 25.2 Å². The highest BCUT2D eigenvalue weighted by atomic mass is 16.5. The second kappa shape index (κ2) is 16.0. The third-order valence-electron chi connectivity index (χ3n) is 5.37. The van der Waals surface area contributed by atoms with E-state index >= 15 is 0 Å². The highest BCUT2D eigenvalue weighted by Crippen LogP contribution is 2.27. The maximum absolute atomic E-state index is 12.6. The van der Waals surface area contributed by atoms with Crippen LogP contribution in [0, 0.1) is 11.8 Å². The number of unbranched alkanes of at least 4 members (excludes halogenated alkanes) is 6. The number of aliphatic hydroxyl groups is 2. The molecule has 0 spiro atoms. The number of rotatable bonds is 14. The van der Waals surface area contributed by atoms with E-state index in [0.29, 0.717) is 37.5 Å². The van der Waals surface area contributed by atoms with Gasteiger partial charge in [-0.15, -0.1) is 0 Å². The fraction of sp³-hybridized carbons (Fsp3) is 0.818. The Hall–Kier alpha value is -1.80. The van der Waals surface area contributed by atoms with Crippen molar-refractivity contribution in [3.05, 3.63) is 0 Å². The molecular formula is C22H38N2O6. The molecule has 2 atom stereocenters. The Kier molecular flexibility index (Phi) is 14.0. The standard InChI is InChI=1S/C22H38N2O6/c1-23-19-15-18(22(28)30-14-10-6-4-8-12-26)20(24-2)16-17(19)21(27)29-13-9-5-3-7-11-25/h17-18,25-26H,3-16H2,1-2H3. The van der Waals surface area contributed by atoms with Crippen molar-refractivity contribution in [1.29, 1.82) is 0 Å². The first-order valence-corrected chi connectivity index (χ1v) is 11.0. The molecule has 0 aliphatic heterocycles. The van der Waals surface area contributed by atoms with Crippen LogP contribution in [0.25, 0.3) is 0 Å². The van der Waals surface area contributed by atoms with E-state index in [1.165, 1.54) is 0 Å². The highest BCUT2D eigenvalue weighted by Gasteiger charge is 2.40. The minimum atomic E-state index is -0.506. The molecule has 0 aromatic carbocycles. The van der Waals surface area contributed by atoms with Gasteiger partial charge in [-0.2, -0.15) is 0 Å². The van der Waals surface area contributed by atoms with Gasteiger partial charge < -0.3 is 19.7 Å². The lowest BCUT2D eigenvalue weighted by Gasteiger charge is -2.29. The summed E-state index contributed by atoms with van der Waals surface area (Å²) in [7, 11) is 3.25. The van der Waals surface area contributed by atoms with Gasteiger partial charge in [0.05, 0.1) is 25.0 Å². The smallest absolute Gasteiger partial charge is 0.315 e. The molecule has 0 bridgehead atoms. The summed E-state index contributed by atoms with van der Waals surface area (Å²) in [6.45, 7) is 1.06. The average molecular weight is 427 g/mol. The van der Waals surface area contributed by atoms with Gasteiger partial charge in [-0.3, -0.25) is 19.6 Å². The molecular weight excluding hydrogens is 388 g/mol. The molecule has 0 aromatic rings. The summed E-state index contributed by atoms with van der Waals surface area (Å²) in [5.41, 5.74) is 1.30. The van der Waals surface area contributed by atoms with E-state index in [9.17, 15) is 9.59 Å². The molecule has 0 aromatic heterocycles. The van der Waals surface area contributed by atoms with E-state index in [4.69, 9.17) is 19.7 Å². The third-order valence-corrected chi connectivity index (χ3v) is 5.37. The summed E-state index contributed by atoms with van der Waals surface area (Å²) in [6.07, 6.45) is 7.34. The van der Waals surface area contributed by atoms with Crippen LogP contribution in [0.5, 0.6) is 0 Å². The van der Waals surface area contributed by atoms with Gasteiger partial charge in [0.15, 0.2) is 0 Å². The normalized spacial score (nSPS) is 21.7. The van der Waals surface area contributed by atoms with Crippen LogP contribution in [0.3, 0.4) is 0 Å². The van der Waals surface area contributed by atoms with Crippen LogP contribution >= 0.6 is 0 Å². The number of aliphatic hydroxyl groups excluding tert-OH is 2. The number of ether oxygens (including phenoxy) is 2. The number of hydrogen-bond acceptors (Lipinski definition) is 8. The van der Waals surface area contributed by atoms with E-state index in [1.807, 2.05) is 0 Å². The Balaban J connectivity index is 2.52. The fourth-order valence-electron chi connectivity index (χ4n) is 3.55. The number of hydrogen-bond donors (Lipinski definition) is 2. The summed E-state index contributed by atoms with van der Waals surface area (Å²) in [5.74, 6) is -1.66. The molecule has 2 unspecified atom stereocenters. The maximum atomic E-state index is 12.6.